The lowest BCUT2D eigenvalue weighted by Gasteiger charge is -2.20. The highest BCUT2D eigenvalue weighted by molar-refractivity contribution is 5.97. The number of benzene rings is 2. The Morgan fingerprint density at radius 2 is 1.70 bits per heavy atom. The molecule has 2 amide bonds. The van der Waals surface area contributed by atoms with Gasteiger partial charge in [0.1, 0.15) is 0 Å². The average molecular weight is 367 g/mol. The molecule has 2 unspecified atom stereocenters. The maximum atomic E-state index is 12.6. The molecule has 0 aromatic heterocycles. The number of carbonyl (C=O) groups excluding carboxylic acids is 2. The van der Waals surface area contributed by atoms with Gasteiger partial charge >= 0.3 is 0 Å². The molecule has 2 aromatic carbocycles. The molecular weight excluding hydrogens is 338 g/mol. The minimum Gasteiger partial charge on any atom is -0.352 e. The lowest BCUT2D eigenvalue weighted by atomic mass is 9.94. The molecule has 0 fully saturated rings. The number of anilines is 1. The van der Waals surface area contributed by atoms with Crippen molar-refractivity contribution >= 4 is 17.5 Å². The van der Waals surface area contributed by atoms with E-state index in [1.807, 2.05) is 58.0 Å². The van der Waals surface area contributed by atoms with Crippen molar-refractivity contribution in [1.29, 1.82) is 0 Å². The molecule has 27 heavy (non-hydrogen) atoms. The third kappa shape index (κ3) is 5.66. The Morgan fingerprint density at radius 1 is 1.04 bits per heavy atom. The van der Waals surface area contributed by atoms with Gasteiger partial charge in [-0.2, -0.15) is 0 Å². The van der Waals surface area contributed by atoms with Gasteiger partial charge in [0.15, 0.2) is 0 Å². The van der Waals surface area contributed by atoms with Crippen molar-refractivity contribution < 1.29 is 9.59 Å². The molecule has 0 radical (unpaired) electrons. The number of nitrogens with two attached hydrogens (primary N) is 1. The number of carbonyl (C=O) groups is 2. The summed E-state index contributed by atoms with van der Waals surface area (Å²) in [6.07, 6.45) is 0. The standard InChI is InChI=1S/C22H29N3O2/c1-14(2)13-24-22(27)18-10-11-19(15(3)12-18)25-21(26)16(4)20(23)17-8-6-5-7-9-17/h5-12,14,16,20H,13,23H2,1-4H3,(H,24,27)(H,25,26). The van der Waals surface area contributed by atoms with Crippen LogP contribution in [-0.2, 0) is 4.79 Å². The molecule has 0 aliphatic rings. The SMILES string of the molecule is Cc1cc(C(=O)NCC(C)C)ccc1NC(=O)C(C)C(N)c1ccccc1. The summed E-state index contributed by atoms with van der Waals surface area (Å²) >= 11 is 0. The fourth-order valence-corrected chi connectivity index (χ4v) is 2.72. The molecule has 0 heterocycles. The largest absolute Gasteiger partial charge is 0.352 e. The molecule has 5 heteroatoms. The van der Waals surface area contributed by atoms with Crippen LogP contribution in [0.2, 0.25) is 0 Å². The number of aryl methyl sites for hydroxylation is 1. The van der Waals surface area contributed by atoms with E-state index in [4.69, 9.17) is 5.73 Å². The van der Waals surface area contributed by atoms with Gasteiger partial charge in [0, 0.05) is 23.8 Å². The number of hydrogen-bond acceptors (Lipinski definition) is 3. The minimum absolute atomic E-state index is 0.107. The van der Waals surface area contributed by atoms with E-state index in [0.29, 0.717) is 23.7 Å². The maximum Gasteiger partial charge on any atom is 0.251 e. The first-order valence-electron chi connectivity index (χ1n) is 9.29. The van der Waals surface area contributed by atoms with Crippen molar-refractivity contribution in [2.24, 2.45) is 17.6 Å². The van der Waals surface area contributed by atoms with E-state index in [-0.39, 0.29) is 23.8 Å². The molecular formula is C22H29N3O2. The van der Waals surface area contributed by atoms with E-state index in [1.165, 1.54) is 0 Å². The van der Waals surface area contributed by atoms with Crippen LogP contribution in [0.4, 0.5) is 5.69 Å². The van der Waals surface area contributed by atoms with Crippen LogP contribution in [0.3, 0.4) is 0 Å². The zero-order valence-corrected chi connectivity index (χ0v) is 16.5. The van der Waals surface area contributed by atoms with Gasteiger partial charge in [-0.15, -0.1) is 0 Å². The first kappa shape index (κ1) is 20.6. The molecule has 0 aliphatic heterocycles. The smallest absolute Gasteiger partial charge is 0.251 e. The van der Waals surface area contributed by atoms with Gasteiger partial charge in [-0.25, -0.2) is 0 Å². The van der Waals surface area contributed by atoms with Gasteiger partial charge in [-0.1, -0.05) is 51.1 Å². The van der Waals surface area contributed by atoms with Gasteiger partial charge in [0.2, 0.25) is 5.91 Å². The van der Waals surface area contributed by atoms with E-state index in [2.05, 4.69) is 10.6 Å². The van der Waals surface area contributed by atoms with Crippen LogP contribution in [0.25, 0.3) is 0 Å². The quantitative estimate of drug-likeness (QED) is 0.698. The molecule has 2 atom stereocenters. The van der Waals surface area contributed by atoms with Crippen LogP contribution in [0.1, 0.15) is 48.3 Å². The lowest BCUT2D eigenvalue weighted by Crippen LogP contribution is -2.31. The van der Waals surface area contributed by atoms with E-state index < -0.39 is 0 Å². The lowest BCUT2D eigenvalue weighted by molar-refractivity contribution is -0.120. The fraction of sp³-hybridized carbons (Fsp3) is 0.364. The second kappa shape index (κ2) is 9.33. The zero-order valence-electron chi connectivity index (χ0n) is 16.5. The van der Waals surface area contributed by atoms with Gasteiger partial charge in [-0.3, -0.25) is 9.59 Å². The Morgan fingerprint density at radius 3 is 2.30 bits per heavy atom. The van der Waals surface area contributed by atoms with Crippen LogP contribution in [0.15, 0.2) is 48.5 Å². The minimum atomic E-state index is -0.388. The predicted octanol–water partition coefficient (Wildman–Crippen LogP) is 3.66. The topological polar surface area (TPSA) is 84.2 Å². The molecule has 0 bridgehead atoms. The van der Waals surface area contributed by atoms with E-state index in [9.17, 15) is 9.59 Å². The Kier molecular flexibility index (Phi) is 7.13. The molecule has 2 rings (SSSR count). The van der Waals surface area contributed by atoms with Gasteiger partial charge < -0.3 is 16.4 Å². The highest BCUT2D eigenvalue weighted by atomic mass is 16.2. The third-order valence-electron chi connectivity index (χ3n) is 4.55. The van der Waals surface area contributed by atoms with E-state index in [0.717, 1.165) is 11.1 Å². The van der Waals surface area contributed by atoms with E-state index >= 15 is 0 Å². The summed E-state index contributed by atoms with van der Waals surface area (Å²) in [5.74, 6) is -0.250. The summed E-state index contributed by atoms with van der Waals surface area (Å²) < 4.78 is 0. The second-order valence-electron chi connectivity index (χ2n) is 7.35. The predicted molar refractivity (Wildman–Crippen MR) is 110 cm³/mol. The summed E-state index contributed by atoms with van der Waals surface area (Å²) in [7, 11) is 0. The number of hydrogen-bond donors (Lipinski definition) is 3. The molecule has 2 aromatic rings. The summed E-state index contributed by atoms with van der Waals surface area (Å²) in [6.45, 7) is 8.41. The maximum absolute atomic E-state index is 12.6. The average Bonchev–Trinajstić information content (AvgIpc) is 2.66. The zero-order chi connectivity index (χ0) is 20.0. The molecule has 4 N–H and O–H groups in total. The normalized spacial score (nSPS) is 13.1. The molecule has 0 saturated heterocycles. The highest BCUT2D eigenvalue weighted by Gasteiger charge is 2.22. The molecule has 144 valence electrons. The van der Waals surface area contributed by atoms with Gasteiger partial charge in [-0.05, 0) is 42.2 Å². The molecule has 0 saturated carbocycles. The summed E-state index contributed by atoms with van der Waals surface area (Å²) in [5.41, 5.74) is 9.27. The van der Waals surface area contributed by atoms with Crippen molar-refractivity contribution in [3.8, 4) is 0 Å². The number of nitrogens with one attached hydrogen (secondary N) is 2. The van der Waals surface area contributed by atoms with Crippen LogP contribution in [0.5, 0.6) is 0 Å². The third-order valence-corrected chi connectivity index (χ3v) is 4.55. The Balaban J connectivity index is 2.04. The Bertz CT molecular complexity index is 787. The van der Waals surface area contributed by atoms with Crippen molar-refractivity contribution in [3.05, 3.63) is 65.2 Å². The molecule has 5 nitrogen and oxygen atoms in total. The molecule has 0 aliphatic carbocycles. The van der Waals surface area contributed by atoms with Gasteiger partial charge in [0.05, 0.1) is 5.92 Å². The first-order chi connectivity index (χ1) is 12.8. The Labute approximate surface area is 161 Å². The molecule has 0 spiro atoms. The van der Waals surface area contributed by atoms with Gasteiger partial charge in [0.25, 0.3) is 5.91 Å². The summed E-state index contributed by atoms with van der Waals surface area (Å²) in [4.78, 5) is 24.8. The second-order valence-corrected chi connectivity index (χ2v) is 7.35. The van der Waals surface area contributed by atoms with Crippen LogP contribution >= 0.6 is 0 Å². The monoisotopic (exact) mass is 367 g/mol. The number of rotatable bonds is 7. The van der Waals surface area contributed by atoms with Crippen molar-refractivity contribution in [2.45, 2.75) is 33.7 Å². The van der Waals surface area contributed by atoms with Crippen molar-refractivity contribution in [2.75, 3.05) is 11.9 Å². The van der Waals surface area contributed by atoms with E-state index in [1.54, 1.807) is 18.2 Å². The van der Waals surface area contributed by atoms with Crippen LogP contribution in [-0.4, -0.2) is 18.4 Å². The van der Waals surface area contributed by atoms with Crippen molar-refractivity contribution in [3.63, 3.8) is 0 Å². The first-order valence-corrected chi connectivity index (χ1v) is 9.29. The summed E-state index contributed by atoms with van der Waals surface area (Å²) in [5, 5.41) is 5.82. The van der Waals surface area contributed by atoms with Crippen LogP contribution in [0, 0.1) is 18.8 Å². The van der Waals surface area contributed by atoms with Crippen LogP contribution < -0.4 is 16.4 Å². The highest BCUT2D eigenvalue weighted by Crippen LogP contribution is 2.22. The fourth-order valence-electron chi connectivity index (χ4n) is 2.72. The summed E-state index contributed by atoms with van der Waals surface area (Å²) in [6, 6.07) is 14.5. The number of amides is 2. The Hall–Kier alpha value is -2.66. The van der Waals surface area contributed by atoms with Crippen molar-refractivity contribution in [1.82, 2.24) is 5.32 Å².